The van der Waals surface area contributed by atoms with E-state index in [0.717, 1.165) is 0 Å². The van der Waals surface area contributed by atoms with E-state index in [1.807, 2.05) is 20.8 Å². The molecule has 106 valence electrons. The highest BCUT2D eigenvalue weighted by Gasteiger charge is 2.24. The Balaban J connectivity index is 3.98. The van der Waals surface area contributed by atoms with Gasteiger partial charge in [-0.05, 0) is 24.7 Å². The molecular formula is C13H24O5. The minimum Gasteiger partial charge on any atom is -0.481 e. The van der Waals surface area contributed by atoms with Crippen molar-refractivity contribution in [3.8, 4) is 0 Å². The number of carboxylic acid groups (broad SMARTS) is 1. The summed E-state index contributed by atoms with van der Waals surface area (Å²) >= 11 is 0. The lowest BCUT2D eigenvalue weighted by molar-refractivity contribution is -0.146. The second-order valence-electron chi connectivity index (χ2n) is 5.64. The van der Waals surface area contributed by atoms with Gasteiger partial charge in [0.25, 0.3) is 0 Å². The van der Waals surface area contributed by atoms with Gasteiger partial charge >= 0.3 is 11.9 Å². The lowest BCUT2D eigenvalue weighted by Crippen LogP contribution is -2.21. The van der Waals surface area contributed by atoms with Crippen molar-refractivity contribution in [3.63, 3.8) is 0 Å². The molecule has 18 heavy (non-hydrogen) atoms. The second kappa shape index (κ2) is 8.08. The predicted molar refractivity (Wildman–Crippen MR) is 67.1 cm³/mol. The van der Waals surface area contributed by atoms with Crippen molar-refractivity contribution in [2.75, 3.05) is 13.2 Å². The molecule has 0 radical (unpaired) electrons. The van der Waals surface area contributed by atoms with E-state index in [1.165, 1.54) is 0 Å². The van der Waals surface area contributed by atoms with Gasteiger partial charge in [0.1, 0.15) is 6.61 Å². The van der Waals surface area contributed by atoms with E-state index in [9.17, 15) is 9.59 Å². The van der Waals surface area contributed by atoms with Crippen LogP contribution in [0.4, 0.5) is 0 Å². The Bertz CT molecular complexity index is 267. The van der Waals surface area contributed by atoms with E-state index in [1.54, 1.807) is 0 Å². The van der Waals surface area contributed by atoms with Crippen LogP contribution < -0.4 is 0 Å². The lowest BCUT2D eigenvalue weighted by atomic mass is 9.82. The van der Waals surface area contributed by atoms with E-state index in [2.05, 4.69) is 0 Å². The van der Waals surface area contributed by atoms with E-state index in [4.69, 9.17) is 14.9 Å². The van der Waals surface area contributed by atoms with Gasteiger partial charge < -0.3 is 14.9 Å². The van der Waals surface area contributed by atoms with Gasteiger partial charge in [-0.1, -0.05) is 20.8 Å². The smallest absolute Gasteiger partial charge is 0.306 e. The highest BCUT2D eigenvalue weighted by atomic mass is 16.5. The number of carbonyl (C=O) groups excluding carboxylic acids is 1. The van der Waals surface area contributed by atoms with Crippen molar-refractivity contribution < 1.29 is 24.5 Å². The number of aliphatic carboxylic acids is 1. The number of aliphatic hydroxyl groups is 1. The Kier molecular flexibility index (Phi) is 7.59. The van der Waals surface area contributed by atoms with Crippen LogP contribution in [0.3, 0.4) is 0 Å². The van der Waals surface area contributed by atoms with Crippen LogP contribution in [-0.2, 0) is 14.3 Å². The molecule has 5 heteroatoms. The van der Waals surface area contributed by atoms with Crippen LogP contribution in [0.25, 0.3) is 0 Å². The minimum atomic E-state index is -0.811. The fourth-order valence-electron chi connectivity index (χ4n) is 1.78. The Morgan fingerprint density at radius 3 is 2.33 bits per heavy atom. The van der Waals surface area contributed by atoms with Gasteiger partial charge in [-0.25, -0.2) is 0 Å². The zero-order valence-corrected chi connectivity index (χ0v) is 11.4. The van der Waals surface area contributed by atoms with Gasteiger partial charge in [0.15, 0.2) is 0 Å². The molecule has 1 unspecified atom stereocenters. The highest BCUT2D eigenvalue weighted by Crippen LogP contribution is 2.27. The number of carboxylic acids is 1. The topological polar surface area (TPSA) is 83.8 Å². The maximum absolute atomic E-state index is 11.2. The molecule has 5 nitrogen and oxygen atoms in total. The molecule has 0 fully saturated rings. The van der Waals surface area contributed by atoms with Crippen molar-refractivity contribution in [2.45, 2.75) is 46.5 Å². The number of rotatable bonds is 8. The van der Waals surface area contributed by atoms with Crippen molar-refractivity contribution in [2.24, 2.45) is 11.3 Å². The summed E-state index contributed by atoms with van der Waals surface area (Å²) in [6.45, 7) is 5.81. The maximum Gasteiger partial charge on any atom is 0.306 e. The Labute approximate surface area is 108 Å². The quantitative estimate of drug-likeness (QED) is 0.650. The molecule has 0 spiro atoms. The summed E-state index contributed by atoms with van der Waals surface area (Å²) in [4.78, 5) is 22.2. The summed E-state index contributed by atoms with van der Waals surface area (Å²) in [7, 11) is 0. The fourth-order valence-corrected chi connectivity index (χ4v) is 1.78. The fraction of sp³-hybridized carbons (Fsp3) is 0.846. The zero-order chi connectivity index (χ0) is 14.2. The summed E-state index contributed by atoms with van der Waals surface area (Å²) < 4.78 is 4.70. The van der Waals surface area contributed by atoms with E-state index >= 15 is 0 Å². The first kappa shape index (κ1) is 16.9. The van der Waals surface area contributed by atoms with Gasteiger partial charge in [-0.15, -0.1) is 0 Å². The molecule has 0 aromatic carbocycles. The van der Waals surface area contributed by atoms with Crippen molar-refractivity contribution >= 4 is 11.9 Å². The van der Waals surface area contributed by atoms with Crippen molar-refractivity contribution in [1.82, 2.24) is 0 Å². The van der Waals surface area contributed by atoms with Gasteiger partial charge in [-0.3, -0.25) is 9.59 Å². The number of carbonyl (C=O) groups is 2. The van der Waals surface area contributed by atoms with Crippen LogP contribution in [0.1, 0.15) is 46.5 Å². The summed E-state index contributed by atoms with van der Waals surface area (Å²) in [5, 5.41) is 17.6. The third-order valence-electron chi connectivity index (χ3n) is 2.50. The molecular weight excluding hydrogens is 236 g/mol. The molecule has 0 aliphatic rings. The molecule has 0 aromatic heterocycles. The third-order valence-corrected chi connectivity index (χ3v) is 2.50. The first-order valence-electron chi connectivity index (χ1n) is 6.25. The maximum atomic E-state index is 11.2. The summed E-state index contributed by atoms with van der Waals surface area (Å²) in [6, 6.07) is 0. The summed E-state index contributed by atoms with van der Waals surface area (Å²) in [6.07, 6.45) is 1.76. The van der Waals surface area contributed by atoms with Crippen LogP contribution in [0.2, 0.25) is 0 Å². The Morgan fingerprint density at radius 2 is 1.89 bits per heavy atom. The molecule has 0 aromatic rings. The Morgan fingerprint density at radius 1 is 1.28 bits per heavy atom. The van der Waals surface area contributed by atoms with Crippen LogP contribution in [0.5, 0.6) is 0 Å². The zero-order valence-electron chi connectivity index (χ0n) is 11.4. The average molecular weight is 260 g/mol. The Hall–Kier alpha value is -1.10. The van der Waals surface area contributed by atoms with Crippen LogP contribution >= 0.6 is 0 Å². The molecule has 1 atom stereocenters. The van der Waals surface area contributed by atoms with Gasteiger partial charge in [0.05, 0.1) is 12.5 Å². The number of esters is 1. The molecule has 0 heterocycles. The van der Waals surface area contributed by atoms with Gasteiger partial charge in [-0.2, -0.15) is 0 Å². The predicted octanol–water partition coefficient (Wildman–Crippen LogP) is 1.83. The molecule has 2 N–H and O–H groups in total. The second-order valence-corrected chi connectivity index (χ2v) is 5.64. The molecule has 0 rings (SSSR count). The van der Waals surface area contributed by atoms with E-state index in [-0.39, 0.29) is 31.0 Å². The molecule has 0 saturated heterocycles. The van der Waals surface area contributed by atoms with Gasteiger partial charge in [0, 0.05) is 6.42 Å². The normalized spacial score (nSPS) is 13.1. The average Bonchev–Trinajstić information content (AvgIpc) is 2.23. The molecule has 0 bridgehead atoms. The molecule has 0 aliphatic heterocycles. The first-order valence-corrected chi connectivity index (χ1v) is 6.25. The molecule has 0 aliphatic carbocycles. The van der Waals surface area contributed by atoms with E-state index in [0.29, 0.717) is 19.3 Å². The minimum absolute atomic E-state index is 0.00316. The first-order chi connectivity index (χ1) is 8.26. The van der Waals surface area contributed by atoms with Crippen molar-refractivity contribution in [1.29, 1.82) is 0 Å². The monoisotopic (exact) mass is 260 g/mol. The number of hydrogen-bond acceptors (Lipinski definition) is 4. The largest absolute Gasteiger partial charge is 0.481 e. The van der Waals surface area contributed by atoms with E-state index < -0.39 is 11.9 Å². The number of ether oxygens (including phenoxy) is 1. The third kappa shape index (κ3) is 8.98. The van der Waals surface area contributed by atoms with Crippen LogP contribution in [-0.4, -0.2) is 35.4 Å². The standard InChI is InChI=1S/C13H24O5/c1-13(2,3)9-10(12(16)17)5-4-6-11(15)18-8-7-14/h10,14H,4-9H2,1-3H3,(H,16,17). The van der Waals surface area contributed by atoms with Crippen molar-refractivity contribution in [3.05, 3.63) is 0 Å². The lowest BCUT2D eigenvalue weighted by Gasteiger charge is -2.23. The SMILES string of the molecule is CC(C)(C)CC(CCCC(=O)OCCO)C(=O)O. The van der Waals surface area contributed by atoms with Crippen LogP contribution in [0, 0.1) is 11.3 Å². The number of aliphatic hydroxyl groups excluding tert-OH is 1. The molecule has 0 saturated carbocycles. The summed E-state index contributed by atoms with van der Waals surface area (Å²) in [5.41, 5.74) is -0.0412. The molecule has 0 amide bonds. The summed E-state index contributed by atoms with van der Waals surface area (Å²) in [5.74, 6) is -1.62. The number of hydrogen-bond donors (Lipinski definition) is 2. The van der Waals surface area contributed by atoms with Gasteiger partial charge in [0.2, 0.25) is 0 Å². The highest BCUT2D eigenvalue weighted by molar-refractivity contribution is 5.71. The van der Waals surface area contributed by atoms with Crippen LogP contribution in [0.15, 0.2) is 0 Å².